The van der Waals surface area contributed by atoms with Crippen LogP contribution in [0.2, 0.25) is 0 Å². The molecule has 16 heteroatoms. The average Bonchev–Trinajstić information content (AvgIpc) is 3.89. The summed E-state index contributed by atoms with van der Waals surface area (Å²) in [4.78, 5) is 71.0. The molecule has 0 radical (unpaired) electrons. The molecule has 6 rings (SSSR count). The molecule has 16 nitrogen and oxygen atoms in total. The van der Waals surface area contributed by atoms with E-state index in [1.807, 2.05) is 53.4 Å². The zero-order valence-corrected chi connectivity index (χ0v) is 30.9. The van der Waals surface area contributed by atoms with Gasteiger partial charge in [0.2, 0.25) is 12.1 Å². The van der Waals surface area contributed by atoms with Crippen molar-refractivity contribution in [3.05, 3.63) is 54.1 Å². The predicted molar refractivity (Wildman–Crippen MR) is 190 cm³/mol. The Bertz CT molecular complexity index is 1920. The fraction of sp³-hybridized carbons (Fsp3) is 0.500. The van der Waals surface area contributed by atoms with Gasteiger partial charge in [-0.3, -0.25) is 29.1 Å². The van der Waals surface area contributed by atoms with Crippen LogP contribution < -0.4 is 0 Å². The predicted octanol–water partition coefficient (Wildman–Crippen LogP) is 4.12. The molecule has 1 saturated heterocycles. The second kappa shape index (κ2) is 16.2. The number of nitrogens with zero attached hydrogens (tertiary/aromatic N) is 6. The number of carbonyl (C=O) groups excluding carboxylic acids is 5. The third-order valence-corrected chi connectivity index (χ3v) is 9.76. The monoisotopic (exact) mass is 744 g/mol. The molecule has 1 spiro atoms. The van der Waals surface area contributed by atoms with Gasteiger partial charge in [0.1, 0.15) is 11.4 Å². The van der Waals surface area contributed by atoms with Crippen molar-refractivity contribution in [2.45, 2.75) is 115 Å². The van der Waals surface area contributed by atoms with Crippen molar-refractivity contribution in [2.24, 2.45) is 4.99 Å². The molecule has 54 heavy (non-hydrogen) atoms. The Labute approximate surface area is 312 Å². The van der Waals surface area contributed by atoms with Crippen molar-refractivity contribution in [1.82, 2.24) is 25.1 Å². The molecule has 1 aliphatic carbocycles. The first-order valence-corrected chi connectivity index (χ1v) is 18.1. The first kappa shape index (κ1) is 38.2. The maximum absolute atomic E-state index is 13.7. The lowest BCUT2D eigenvalue weighted by atomic mass is 9.97. The Kier molecular flexibility index (Phi) is 11.5. The number of unbranched alkanes of at least 4 members (excludes halogenated alkanes) is 1. The Morgan fingerprint density at radius 3 is 2.13 bits per heavy atom. The largest absolute Gasteiger partial charge is 0.467 e. The number of hydrogen-bond acceptors (Lipinski definition) is 14. The summed E-state index contributed by atoms with van der Waals surface area (Å²) < 4.78 is 27.2. The van der Waals surface area contributed by atoms with E-state index in [-0.39, 0.29) is 11.7 Å². The molecule has 1 aromatic heterocycles. The van der Waals surface area contributed by atoms with E-state index in [2.05, 4.69) is 22.3 Å². The summed E-state index contributed by atoms with van der Waals surface area (Å²) in [5.41, 5.74) is 2.59. The van der Waals surface area contributed by atoms with Crippen LogP contribution in [0.25, 0.3) is 22.5 Å². The molecule has 5 atom stereocenters. The maximum atomic E-state index is 13.7. The molecule has 3 aromatic rings. The van der Waals surface area contributed by atoms with Crippen molar-refractivity contribution in [1.29, 1.82) is 0 Å². The molecule has 0 bridgehead atoms. The van der Waals surface area contributed by atoms with Crippen LogP contribution in [0.5, 0.6) is 0 Å². The lowest BCUT2D eigenvalue weighted by molar-refractivity contribution is -0.267. The number of aromatic nitrogens is 4. The first-order valence-electron chi connectivity index (χ1n) is 18.1. The molecule has 286 valence electrons. The molecule has 2 fully saturated rings. The van der Waals surface area contributed by atoms with E-state index in [1.54, 1.807) is 0 Å². The van der Waals surface area contributed by atoms with Crippen LogP contribution in [-0.2, 0) is 54.2 Å². The van der Waals surface area contributed by atoms with Crippen LogP contribution in [0, 0.1) is 0 Å². The first-order chi connectivity index (χ1) is 25.9. The van der Waals surface area contributed by atoms with Gasteiger partial charge >= 0.3 is 23.9 Å². The third kappa shape index (κ3) is 7.88. The van der Waals surface area contributed by atoms with E-state index in [1.165, 1.54) is 0 Å². The van der Waals surface area contributed by atoms with Gasteiger partial charge in [0.15, 0.2) is 24.4 Å². The molecule has 1 amide bonds. The Hall–Kier alpha value is -5.51. The summed E-state index contributed by atoms with van der Waals surface area (Å²) in [7, 11) is 1.11. The number of amidine groups is 1. The molecule has 0 N–H and O–H groups in total. The number of amides is 1. The summed E-state index contributed by atoms with van der Waals surface area (Å²) in [6, 6.07) is 15.3. The van der Waals surface area contributed by atoms with Gasteiger partial charge in [-0.1, -0.05) is 74.7 Å². The van der Waals surface area contributed by atoms with E-state index in [0.29, 0.717) is 12.1 Å². The number of benzene rings is 2. The highest BCUT2D eigenvalue weighted by molar-refractivity contribution is 6.08. The summed E-state index contributed by atoms with van der Waals surface area (Å²) in [6.07, 6.45) is -1.20. The molecular weight excluding hydrogens is 700 g/mol. The van der Waals surface area contributed by atoms with Crippen LogP contribution in [-0.4, -0.2) is 97.8 Å². The van der Waals surface area contributed by atoms with E-state index in [4.69, 9.17) is 28.7 Å². The van der Waals surface area contributed by atoms with Gasteiger partial charge in [-0.25, -0.2) is 4.79 Å². The fourth-order valence-electron chi connectivity index (χ4n) is 7.32. The minimum atomic E-state index is -1.62. The molecule has 3 heterocycles. The number of carbonyl (C=O) groups is 5. The Balaban J connectivity index is 1.28. The highest BCUT2D eigenvalue weighted by atomic mass is 16.7. The van der Waals surface area contributed by atoms with E-state index < -0.39 is 60.1 Å². The summed E-state index contributed by atoms with van der Waals surface area (Å²) in [6.45, 7) is 5.91. The van der Waals surface area contributed by atoms with Crippen LogP contribution in [0.1, 0.15) is 84.4 Å². The van der Waals surface area contributed by atoms with E-state index >= 15 is 0 Å². The molecule has 1 saturated carbocycles. The molecule has 3 aliphatic rings. The van der Waals surface area contributed by atoms with E-state index in [9.17, 15) is 24.0 Å². The zero-order chi connectivity index (χ0) is 38.6. The van der Waals surface area contributed by atoms with Crippen LogP contribution in [0.4, 0.5) is 0 Å². The molecule has 2 aliphatic heterocycles. The van der Waals surface area contributed by atoms with Crippen molar-refractivity contribution in [2.75, 3.05) is 7.11 Å². The van der Waals surface area contributed by atoms with Crippen molar-refractivity contribution in [3.63, 3.8) is 0 Å². The lowest BCUT2D eigenvalue weighted by Crippen LogP contribution is -2.61. The number of methoxy groups -OCH3 is 1. The van der Waals surface area contributed by atoms with Gasteiger partial charge in [-0.05, 0) is 41.2 Å². The second-order valence-electron chi connectivity index (χ2n) is 13.6. The number of rotatable bonds is 12. The summed E-state index contributed by atoms with van der Waals surface area (Å²) in [5, 5.41) is 13.0. The van der Waals surface area contributed by atoms with Crippen LogP contribution in [0.3, 0.4) is 0 Å². The molecule has 2 aromatic carbocycles. The highest BCUT2D eigenvalue weighted by Gasteiger charge is 2.56. The van der Waals surface area contributed by atoms with Gasteiger partial charge < -0.3 is 23.7 Å². The van der Waals surface area contributed by atoms with Crippen LogP contribution in [0.15, 0.2) is 53.5 Å². The average molecular weight is 745 g/mol. The zero-order valence-electron chi connectivity index (χ0n) is 30.9. The normalized spacial score (nSPS) is 23.2. The number of hydrogen-bond donors (Lipinski definition) is 0. The quantitative estimate of drug-likeness (QED) is 0.190. The minimum absolute atomic E-state index is 0.103. The Morgan fingerprint density at radius 1 is 0.870 bits per heavy atom. The highest BCUT2D eigenvalue weighted by Crippen LogP contribution is 2.40. The SMILES string of the molecule is CCCCC1=NC2(CCCC2)C(=O)N1Cc1ccc(-c2ccccc2-c2nnn([C@H]3OC(C(=O)OC)[C@H](OC(C)=O)[C@@H](OC(C)=O)[C@@H]3OC(C)=O)n2)cc1. The smallest absolute Gasteiger partial charge is 0.339 e. The Morgan fingerprint density at radius 2 is 1.50 bits per heavy atom. The number of aliphatic imine (C=N–C) groups is 1. The summed E-state index contributed by atoms with van der Waals surface area (Å²) in [5.74, 6) is -2.20. The van der Waals surface area contributed by atoms with Gasteiger partial charge in [-0.2, -0.15) is 0 Å². The van der Waals surface area contributed by atoms with E-state index in [0.717, 1.165) is 100 Å². The van der Waals surface area contributed by atoms with Gasteiger partial charge in [0.05, 0.1) is 13.7 Å². The fourth-order valence-corrected chi connectivity index (χ4v) is 7.32. The standard InChI is InChI=1S/C38H44N6O10/c1-6-7-14-29-39-38(19-10-11-20-38)37(49)43(29)21-25-15-17-26(18-16-25)27-12-8-9-13-28(27)34-40-42-44(41-34)35-32(53-24(4)47)30(51-22(2)45)31(52-23(3)46)33(54-35)36(48)50-5/h8-9,12-13,15-18,30-33,35H,6-7,10-11,14,19-21H2,1-5H3/t30-,31-,32+,33?,35+/m1/s1. The summed E-state index contributed by atoms with van der Waals surface area (Å²) >= 11 is 0. The lowest BCUT2D eigenvalue weighted by Gasteiger charge is -2.42. The van der Waals surface area contributed by atoms with Crippen molar-refractivity contribution < 1.29 is 47.7 Å². The molecular formula is C38H44N6O10. The second-order valence-corrected chi connectivity index (χ2v) is 13.6. The topological polar surface area (TPSA) is 191 Å². The van der Waals surface area contributed by atoms with Gasteiger partial charge in [-0.15, -0.1) is 15.0 Å². The van der Waals surface area contributed by atoms with Crippen molar-refractivity contribution in [3.8, 4) is 22.5 Å². The van der Waals surface area contributed by atoms with Crippen molar-refractivity contribution >= 4 is 35.6 Å². The number of ether oxygens (including phenoxy) is 5. The number of esters is 4. The van der Waals surface area contributed by atoms with Gasteiger partial charge in [0.25, 0.3) is 5.91 Å². The third-order valence-electron chi connectivity index (χ3n) is 9.76. The molecule has 1 unspecified atom stereocenters. The minimum Gasteiger partial charge on any atom is -0.467 e. The van der Waals surface area contributed by atoms with Gasteiger partial charge in [0, 0.05) is 32.8 Å². The number of tetrazole rings is 1. The maximum Gasteiger partial charge on any atom is 0.339 e. The van der Waals surface area contributed by atoms with Crippen LogP contribution >= 0.6 is 0 Å².